The molecular formula is C41H66O12. The van der Waals surface area contributed by atoms with Gasteiger partial charge in [-0.2, -0.15) is 0 Å². The number of carboxylic acid groups (broad SMARTS) is 1. The fourth-order valence-corrected chi connectivity index (χ4v) is 13.4. The Labute approximate surface area is 314 Å². The molecule has 302 valence electrons. The minimum atomic E-state index is -1.60. The molecule has 0 aromatic carbocycles. The molecule has 0 amide bonds. The number of hydrogen-bond donors (Lipinski definition) is 7. The summed E-state index contributed by atoms with van der Waals surface area (Å²) in [5.41, 5.74) is -0.802. The fourth-order valence-electron chi connectivity index (χ4n) is 13.4. The molecule has 2 heterocycles. The Morgan fingerprint density at radius 2 is 1.49 bits per heavy atom. The maximum Gasteiger partial charge on any atom is 0.312 e. The van der Waals surface area contributed by atoms with E-state index in [1.165, 1.54) is 5.57 Å². The van der Waals surface area contributed by atoms with Gasteiger partial charge in [0.2, 0.25) is 0 Å². The number of carboxylic acids is 1. The molecule has 0 unspecified atom stereocenters. The van der Waals surface area contributed by atoms with Crippen LogP contribution in [-0.2, 0) is 23.7 Å². The van der Waals surface area contributed by atoms with Crippen molar-refractivity contribution in [3.05, 3.63) is 11.6 Å². The molecule has 0 bridgehead atoms. The van der Waals surface area contributed by atoms with Crippen LogP contribution < -0.4 is 0 Å². The third kappa shape index (κ3) is 5.77. The Bertz CT molecular complexity index is 1450. The highest BCUT2D eigenvalue weighted by Crippen LogP contribution is 2.76. The predicted octanol–water partition coefficient (Wildman–Crippen LogP) is 3.52. The van der Waals surface area contributed by atoms with Crippen LogP contribution in [0.5, 0.6) is 0 Å². The van der Waals surface area contributed by atoms with Crippen molar-refractivity contribution in [1.29, 1.82) is 0 Å². The van der Waals surface area contributed by atoms with Crippen LogP contribution in [0.1, 0.15) is 113 Å². The van der Waals surface area contributed by atoms with Crippen LogP contribution in [-0.4, -0.2) is 116 Å². The Kier molecular flexibility index (Phi) is 9.95. The molecule has 6 fully saturated rings. The molecule has 7 N–H and O–H groups in total. The van der Waals surface area contributed by atoms with E-state index in [-0.39, 0.29) is 51.6 Å². The highest BCUT2D eigenvalue weighted by molar-refractivity contribution is 5.77. The number of aliphatic carboxylic acids is 1. The molecule has 12 nitrogen and oxygen atoms in total. The number of ether oxygens (including phenoxy) is 4. The first kappa shape index (κ1) is 40.0. The molecule has 0 radical (unpaired) electrons. The van der Waals surface area contributed by atoms with Gasteiger partial charge in [0.05, 0.1) is 24.9 Å². The summed E-state index contributed by atoms with van der Waals surface area (Å²) in [5, 5.41) is 75.5. The van der Waals surface area contributed by atoms with E-state index in [9.17, 15) is 40.5 Å². The van der Waals surface area contributed by atoms with Crippen LogP contribution in [0.2, 0.25) is 0 Å². The van der Waals surface area contributed by atoms with Crippen molar-refractivity contribution in [2.45, 2.75) is 181 Å². The molecule has 0 aromatic heterocycles. The SMILES string of the molecule is C[C@H]1O[C@H](O[C@@H]2[C@@H](O[C@H]3CC[C@]4(C)[C@H]5CC=C6[C@@H]7CC(C)(C)CC[C@]7(C(=O)O)[C@H](O)C[C@@]6(C)[C@]5(C)CC[C@H]4C3(C)C)OC[C@@H](O)[C@H]2O)[C@@H](O)[C@@H](O)[C@@H]1O. The molecule has 2 saturated heterocycles. The number of aliphatic hydroxyl groups is 6. The largest absolute Gasteiger partial charge is 0.481 e. The number of allylic oxidation sites excluding steroid dienone is 2. The van der Waals surface area contributed by atoms with Crippen molar-refractivity contribution in [2.75, 3.05) is 6.61 Å². The number of aliphatic hydroxyl groups excluding tert-OH is 6. The van der Waals surface area contributed by atoms with Gasteiger partial charge in [0.25, 0.3) is 0 Å². The van der Waals surface area contributed by atoms with Gasteiger partial charge in [-0.05, 0) is 110 Å². The summed E-state index contributed by atoms with van der Waals surface area (Å²) in [5.74, 6) is -0.499. The Hall–Kier alpha value is -1.19. The summed E-state index contributed by atoms with van der Waals surface area (Å²) in [6, 6.07) is 0. The van der Waals surface area contributed by atoms with E-state index >= 15 is 0 Å². The molecule has 5 aliphatic carbocycles. The Morgan fingerprint density at radius 1 is 0.792 bits per heavy atom. The van der Waals surface area contributed by atoms with Gasteiger partial charge in [0, 0.05) is 0 Å². The summed E-state index contributed by atoms with van der Waals surface area (Å²) in [6.45, 7) is 17.5. The second-order valence-electron chi connectivity index (χ2n) is 20.3. The highest BCUT2D eigenvalue weighted by Gasteiger charge is 2.71. The quantitative estimate of drug-likeness (QED) is 0.160. The average Bonchev–Trinajstić information content (AvgIpc) is 3.06. The lowest BCUT2D eigenvalue weighted by Gasteiger charge is -2.71. The summed E-state index contributed by atoms with van der Waals surface area (Å²) >= 11 is 0. The number of fused-ring (bicyclic) bond motifs is 7. The van der Waals surface area contributed by atoms with Gasteiger partial charge in [0.15, 0.2) is 12.6 Å². The van der Waals surface area contributed by atoms with Crippen LogP contribution in [0.3, 0.4) is 0 Å². The van der Waals surface area contributed by atoms with E-state index in [0.29, 0.717) is 25.2 Å². The van der Waals surface area contributed by atoms with Gasteiger partial charge in [-0.3, -0.25) is 4.79 Å². The molecule has 4 saturated carbocycles. The van der Waals surface area contributed by atoms with E-state index < -0.39 is 72.8 Å². The van der Waals surface area contributed by atoms with Crippen LogP contribution in [0.4, 0.5) is 0 Å². The normalized spacial score (nSPS) is 54.7. The number of hydrogen-bond acceptors (Lipinski definition) is 11. The van der Waals surface area contributed by atoms with Gasteiger partial charge in [-0.1, -0.05) is 60.1 Å². The number of rotatable bonds is 5. The van der Waals surface area contributed by atoms with E-state index in [1.54, 1.807) is 6.92 Å². The Morgan fingerprint density at radius 3 is 2.17 bits per heavy atom. The molecule has 0 spiro atoms. The monoisotopic (exact) mass is 750 g/mol. The molecule has 12 heteroatoms. The third-order valence-electron chi connectivity index (χ3n) is 16.8. The van der Waals surface area contributed by atoms with Crippen LogP contribution >= 0.6 is 0 Å². The second-order valence-corrected chi connectivity index (χ2v) is 20.3. The summed E-state index contributed by atoms with van der Waals surface area (Å²) in [6.07, 6.45) is -3.72. The van der Waals surface area contributed by atoms with Gasteiger partial charge in [0.1, 0.15) is 42.0 Å². The first-order chi connectivity index (χ1) is 24.5. The lowest BCUT2D eigenvalue weighted by atomic mass is 9.33. The smallest absolute Gasteiger partial charge is 0.312 e. The van der Waals surface area contributed by atoms with Gasteiger partial charge in [-0.25, -0.2) is 0 Å². The molecule has 7 rings (SSSR count). The molecule has 18 atom stereocenters. The van der Waals surface area contributed by atoms with Crippen molar-refractivity contribution < 1.29 is 59.5 Å². The zero-order valence-electron chi connectivity index (χ0n) is 32.9. The van der Waals surface area contributed by atoms with Crippen molar-refractivity contribution >= 4 is 5.97 Å². The van der Waals surface area contributed by atoms with Crippen molar-refractivity contribution in [1.82, 2.24) is 0 Å². The maximum atomic E-state index is 13.1. The molecule has 2 aliphatic heterocycles. The van der Waals surface area contributed by atoms with Gasteiger partial charge >= 0.3 is 5.97 Å². The lowest BCUT2D eigenvalue weighted by Crippen LogP contribution is -2.68. The van der Waals surface area contributed by atoms with E-state index in [2.05, 4.69) is 54.5 Å². The minimum absolute atomic E-state index is 0.00212. The first-order valence-electron chi connectivity index (χ1n) is 20.2. The second kappa shape index (κ2) is 13.2. The lowest BCUT2D eigenvalue weighted by molar-refractivity contribution is -0.364. The van der Waals surface area contributed by atoms with Crippen molar-refractivity contribution in [3.63, 3.8) is 0 Å². The molecule has 53 heavy (non-hydrogen) atoms. The van der Waals surface area contributed by atoms with E-state index in [0.717, 1.165) is 38.5 Å². The molecular weight excluding hydrogens is 684 g/mol. The maximum absolute atomic E-state index is 13.1. The molecule has 0 aromatic rings. The zero-order valence-corrected chi connectivity index (χ0v) is 32.9. The van der Waals surface area contributed by atoms with Gasteiger partial charge < -0.3 is 54.7 Å². The first-order valence-corrected chi connectivity index (χ1v) is 20.2. The molecule has 7 aliphatic rings. The third-order valence-corrected chi connectivity index (χ3v) is 16.8. The van der Waals surface area contributed by atoms with Crippen molar-refractivity contribution in [2.24, 2.45) is 50.2 Å². The van der Waals surface area contributed by atoms with Crippen molar-refractivity contribution in [3.8, 4) is 0 Å². The minimum Gasteiger partial charge on any atom is -0.481 e. The van der Waals surface area contributed by atoms with Crippen LogP contribution in [0.15, 0.2) is 11.6 Å². The van der Waals surface area contributed by atoms with Crippen LogP contribution in [0, 0.1) is 50.2 Å². The van der Waals surface area contributed by atoms with E-state index in [1.807, 2.05) is 0 Å². The summed E-state index contributed by atoms with van der Waals surface area (Å²) < 4.78 is 24.4. The highest BCUT2D eigenvalue weighted by atomic mass is 16.8. The van der Waals surface area contributed by atoms with E-state index in [4.69, 9.17) is 18.9 Å². The zero-order chi connectivity index (χ0) is 38.8. The number of carbonyl (C=O) groups is 1. The summed E-state index contributed by atoms with van der Waals surface area (Å²) in [4.78, 5) is 13.1. The topological polar surface area (TPSA) is 196 Å². The Balaban J connectivity index is 1.14. The standard InChI is InChI=1S/C41H66O12/c1-20-28(44)30(46)31(47)33(51-20)53-32-29(45)23(42)19-50-34(32)52-27-12-13-38(6)24(37(27,4)5)11-14-39(7)25(38)10-9-21-22-17-36(2,3)15-16-41(22,35(48)49)26(43)18-40(21,39)8/h9,20,22-34,42-47H,10-19H2,1-8H3,(H,48,49)/t20-,22+,23-,24+,25-,26-,27+,28-,29-,30+,31+,32+,33-,34-,38+,39-,40-,41-/m1/s1. The predicted molar refractivity (Wildman–Crippen MR) is 192 cm³/mol. The average molecular weight is 751 g/mol. The fraction of sp³-hybridized carbons (Fsp3) is 0.927. The summed E-state index contributed by atoms with van der Waals surface area (Å²) in [7, 11) is 0. The van der Waals surface area contributed by atoms with Gasteiger partial charge in [-0.15, -0.1) is 0 Å². The van der Waals surface area contributed by atoms with Crippen LogP contribution in [0.25, 0.3) is 0 Å².